The van der Waals surface area contributed by atoms with Gasteiger partial charge in [-0.2, -0.15) is 20.4 Å². The molecule has 0 saturated heterocycles. The molecule has 0 unspecified atom stereocenters. The van der Waals surface area contributed by atoms with Crippen LogP contribution in [0, 0.1) is 0 Å². The second kappa shape index (κ2) is 16.3. The van der Waals surface area contributed by atoms with Gasteiger partial charge < -0.3 is 14.2 Å². The highest BCUT2D eigenvalue weighted by molar-refractivity contribution is 5.83. The van der Waals surface area contributed by atoms with Crippen LogP contribution < -0.4 is 14.2 Å². The average molecular weight is 813 g/mol. The van der Waals surface area contributed by atoms with Crippen molar-refractivity contribution in [3.8, 4) is 118 Å². The molecule has 0 aliphatic carbocycles. The molecule has 11 heteroatoms. The lowest BCUT2D eigenvalue weighted by Crippen LogP contribution is -1.94. The molecule has 6 aromatic carbocycles. The zero-order valence-corrected chi connectivity index (χ0v) is 34.1. The third-order valence-electron chi connectivity index (χ3n) is 11.1. The first-order valence-electron chi connectivity index (χ1n) is 20.0. The summed E-state index contributed by atoms with van der Waals surface area (Å²) in [7, 11) is 4.96. The number of nitrogens with zero attached hydrogens (tertiary/aromatic N) is 4. The minimum Gasteiger partial charge on any atom is -0.496 e. The first kappa shape index (κ1) is 37.8. The predicted octanol–water partition coefficient (Wildman–Crippen LogP) is 11.6. The maximum atomic E-state index is 5.81. The van der Waals surface area contributed by atoms with E-state index in [9.17, 15) is 0 Å². The van der Waals surface area contributed by atoms with Crippen molar-refractivity contribution in [2.45, 2.75) is 0 Å². The van der Waals surface area contributed by atoms with E-state index in [1.807, 2.05) is 91.0 Å². The van der Waals surface area contributed by atoms with Crippen molar-refractivity contribution in [1.82, 2.24) is 40.8 Å². The van der Waals surface area contributed by atoms with Crippen LogP contribution in [0.1, 0.15) is 0 Å². The minimum absolute atomic E-state index is 0.644. The Morgan fingerprint density at radius 3 is 1.05 bits per heavy atom. The Morgan fingerprint density at radius 2 is 0.629 bits per heavy atom. The van der Waals surface area contributed by atoms with Crippen molar-refractivity contribution < 1.29 is 14.2 Å². The van der Waals surface area contributed by atoms with Crippen molar-refractivity contribution in [1.29, 1.82) is 0 Å². The van der Waals surface area contributed by atoms with Crippen LogP contribution in [0.5, 0.6) is 17.2 Å². The van der Waals surface area contributed by atoms with Crippen molar-refractivity contribution >= 4 is 0 Å². The molecular weight excluding hydrogens is 773 g/mol. The molecule has 0 fully saturated rings. The van der Waals surface area contributed by atoms with Gasteiger partial charge in [-0.05, 0) is 81.9 Å². The summed E-state index contributed by atoms with van der Waals surface area (Å²) in [5, 5.41) is 31.4. The molecule has 0 bridgehead atoms. The van der Waals surface area contributed by atoms with Gasteiger partial charge >= 0.3 is 0 Å². The van der Waals surface area contributed by atoms with Crippen LogP contribution >= 0.6 is 0 Å². The van der Waals surface area contributed by atoms with Crippen molar-refractivity contribution in [2.24, 2.45) is 0 Å². The van der Waals surface area contributed by atoms with Gasteiger partial charge in [0.2, 0.25) is 0 Å². The van der Waals surface area contributed by atoms with Crippen LogP contribution in [-0.4, -0.2) is 62.1 Å². The van der Waals surface area contributed by atoms with Gasteiger partial charge in [0.1, 0.15) is 17.2 Å². The second-order valence-electron chi connectivity index (χ2n) is 14.7. The van der Waals surface area contributed by atoms with Gasteiger partial charge in [-0.3, -0.25) is 20.4 Å². The lowest BCUT2D eigenvalue weighted by atomic mass is 9.99. The maximum absolute atomic E-state index is 5.81. The van der Waals surface area contributed by atoms with Gasteiger partial charge in [0.25, 0.3) is 0 Å². The number of ether oxygens (including phenoxy) is 3. The molecule has 10 rings (SSSR count). The Kier molecular flexibility index (Phi) is 9.94. The number of benzene rings is 6. The smallest absolute Gasteiger partial charge is 0.132 e. The van der Waals surface area contributed by atoms with Gasteiger partial charge in [0, 0.05) is 28.3 Å². The molecule has 10 aromatic rings. The molecule has 0 spiro atoms. The van der Waals surface area contributed by atoms with Crippen molar-refractivity contribution in [3.05, 3.63) is 164 Å². The monoisotopic (exact) mass is 812 g/mol. The number of hydrogen-bond acceptors (Lipinski definition) is 7. The van der Waals surface area contributed by atoms with Gasteiger partial charge in [-0.15, -0.1) is 0 Å². The Balaban J connectivity index is 0.855. The third kappa shape index (κ3) is 7.28. The van der Waals surface area contributed by atoms with E-state index in [0.717, 1.165) is 107 Å². The summed E-state index contributed by atoms with van der Waals surface area (Å²) in [6, 6.07) is 55.2. The molecule has 0 amide bonds. The topological polar surface area (TPSA) is 142 Å². The summed E-state index contributed by atoms with van der Waals surface area (Å²) < 4.78 is 17.3. The molecule has 4 N–H and O–H groups in total. The van der Waals surface area contributed by atoms with Crippen LogP contribution in [0.3, 0.4) is 0 Å². The maximum Gasteiger partial charge on any atom is 0.132 e. The number of nitrogens with one attached hydrogen (secondary N) is 4. The normalized spacial score (nSPS) is 11.1. The fourth-order valence-corrected chi connectivity index (χ4v) is 7.73. The van der Waals surface area contributed by atoms with Gasteiger partial charge in [0.15, 0.2) is 0 Å². The Bertz CT molecular complexity index is 3130. The summed E-state index contributed by atoms with van der Waals surface area (Å²) in [4.78, 5) is 0. The van der Waals surface area contributed by atoms with Crippen LogP contribution in [0.4, 0.5) is 0 Å². The van der Waals surface area contributed by atoms with Crippen molar-refractivity contribution in [2.75, 3.05) is 21.3 Å². The summed E-state index contributed by atoms with van der Waals surface area (Å²) in [6.45, 7) is 0. The second-order valence-corrected chi connectivity index (χ2v) is 14.7. The lowest BCUT2D eigenvalue weighted by Gasteiger charge is -2.12. The molecule has 302 valence electrons. The molecule has 0 aliphatic rings. The molecule has 62 heavy (non-hydrogen) atoms. The van der Waals surface area contributed by atoms with Gasteiger partial charge in [-0.25, -0.2) is 0 Å². The van der Waals surface area contributed by atoms with Gasteiger partial charge in [-0.1, -0.05) is 109 Å². The minimum atomic E-state index is 0.644. The molecule has 4 aromatic heterocycles. The summed E-state index contributed by atoms with van der Waals surface area (Å²) in [5.41, 5.74) is 16.6. The van der Waals surface area contributed by atoms with Gasteiger partial charge in [0.05, 0.1) is 66.9 Å². The Morgan fingerprint density at radius 1 is 0.290 bits per heavy atom. The summed E-state index contributed by atoms with van der Waals surface area (Å²) in [6.07, 6.45) is 0. The van der Waals surface area contributed by atoms with Crippen LogP contribution in [-0.2, 0) is 0 Å². The van der Waals surface area contributed by atoms with Crippen LogP contribution in [0.2, 0.25) is 0 Å². The van der Waals surface area contributed by atoms with E-state index in [-0.39, 0.29) is 0 Å². The fraction of sp³-hybridized carbons (Fsp3) is 0.0588. The average Bonchev–Trinajstić information content (AvgIpc) is 4.20. The zero-order valence-electron chi connectivity index (χ0n) is 34.1. The first-order chi connectivity index (χ1) is 30.5. The van der Waals surface area contributed by atoms with E-state index in [1.54, 1.807) is 21.3 Å². The Hall–Kier alpha value is -8.44. The molecule has 0 aliphatic heterocycles. The highest BCUT2D eigenvalue weighted by Crippen LogP contribution is 2.42. The van der Waals surface area contributed by atoms with E-state index >= 15 is 0 Å². The quantitative estimate of drug-likeness (QED) is 0.0962. The number of rotatable bonds is 12. The number of H-pyrrole nitrogens is 4. The first-order valence-corrected chi connectivity index (χ1v) is 20.0. The summed E-state index contributed by atoms with van der Waals surface area (Å²) in [5.74, 6) is 2.03. The Labute approximate surface area is 357 Å². The molecular formula is C51H40N8O3. The molecule has 11 nitrogen and oxygen atoms in total. The summed E-state index contributed by atoms with van der Waals surface area (Å²) >= 11 is 0. The van der Waals surface area contributed by atoms with E-state index in [1.165, 1.54) is 0 Å². The van der Waals surface area contributed by atoms with E-state index in [2.05, 4.69) is 108 Å². The largest absolute Gasteiger partial charge is 0.496 e. The molecule has 4 heterocycles. The highest BCUT2D eigenvalue weighted by Gasteiger charge is 2.20. The highest BCUT2D eigenvalue weighted by atomic mass is 16.5. The van der Waals surface area contributed by atoms with E-state index in [0.29, 0.717) is 11.5 Å². The fourth-order valence-electron chi connectivity index (χ4n) is 7.73. The number of hydrogen-bond donors (Lipinski definition) is 4. The molecule has 0 radical (unpaired) electrons. The number of aromatic amines is 4. The van der Waals surface area contributed by atoms with Crippen LogP contribution in [0.25, 0.3) is 101 Å². The lowest BCUT2D eigenvalue weighted by molar-refractivity contribution is 0.396. The SMILES string of the molecule is COc1ccc(-c2cc(-c3ccc(-c4ccc(-c5cc(-c6cc(-c7cc(-c8ccccc8)[nH]n7)c(OC)cc6OC)n[nH]5)cc4)cc3)[nH]n2)cc1-c1cc(-c2ccccc2)[nH]n1. The predicted molar refractivity (Wildman–Crippen MR) is 244 cm³/mol. The van der Waals surface area contributed by atoms with Crippen LogP contribution in [0.15, 0.2) is 164 Å². The molecule has 0 atom stereocenters. The van der Waals surface area contributed by atoms with E-state index < -0.39 is 0 Å². The third-order valence-corrected chi connectivity index (χ3v) is 11.1. The zero-order chi connectivity index (χ0) is 42.0. The molecule has 0 saturated carbocycles. The number of methoxy groups -OCH3 is 3. The number of aromatic nitrogens is 8. The van der Waals surface area contributed by atoms with E-state index in [4.69, 9.17) is 19.3 Å². The standard InChI is InChI=1S/C51H40N8O3/c1-60-49-23-22-37(24-38(49)46-27-42(53-57-46)33-10-6-4-7-11-33)45-26-41(52-56-45)35-18-14-31(15-19-35)32-16-20-36(21-17-32)44-29-48(59-55-44)40-25-39(50(61-2)30-51(40)62-3)47-28-43(54-58-47)34-12-8-5-9-13-34/h4-30H,1-3H3,(H,52,56)(H,53,57)(H,54,58)(H,55,59). The van der Waals surface area contributed by atoms with Crippen molar-refractivity contribution in [3.63, 3.8) is 0 Å².